The molecule has 0 spiro atoms. The van der Waals surface area contributed by atoms with Crippen molar-refractivity contribution in [1.82, 2.24) is 0 Å². The van der Waals surface area contributed by atoms with Crippen molar-refractivity contribution in [3.63, 3.8) is 0 Å². The zero-order valence-corrected chi connectivity index (χ0v) is 11.9. The molecule has 0 fully saturated rings. The molecule has 0 atom stereocenters. The van der Waals surface area contributed by atoms with Crippen molar-refractivity contribution in [2.75, 3.05) is 0 Å². The molecule has 0 amide bonds. The van der Waals surface area contributed by atoms with Crippen LogP contribution < -0.4 is 0 Å². The molecule has 0 aliphatic heterocycles. The van der Waals surface area contributed by atoms with Gasteiger partial charge in [0.2, 0.25) is 0 Å². The van der Waals surface area contributed by atoms with Crippen LogP contribution in [0, 0.1) is 5.82 Å². The second-order valence-electron chi connectivity index (χ2n) is 6.07. The van der Waals surface area contributed by atoms with Crippen LogP contribution in [0.1, 0.15) is 37.5 Å². The van der Waals surface area contributed by atoms with E-state index in [-0.39, 0.29) is 11.2 Å². The van der Waals surface area contributed by atoms with Crippen LogP contribution >= 0.6 is 0 Å². The van der Waals surface area contributed by atoms with Crippen molar-refractivity contribution in [3.8, 4) is 0 Å². The van der Waals surface area contributed by atoms with Crippen molar-refractivity contribution in [2.24, 2.45) is 0 Å². The molecule has 0 nitrogen and oxygen atoms in total. The van der Waals surface area contributed by atoms with E-state index in [1.54, 1.807) is 0 Å². The zero-order valence-electron chi connectivity index (χ0n) is 11.9. The van der Waals surface area contributed by atoms with Crippen molar-refractivity contribution in [2.45, 2.75) is 39.0 Å². The zero-order chi connectivity index (χ0) is 13.9. The van der Waals surface area contributed by atoms with Crippen molar-refractivity contribution in [3.05, 3.63) is 71.0 Å². The average Bonchev–Trinajstić information content (AvgIpc) is 2.37. The minimum absolute atomic E-state index is 0.168. The quantitative estimate of drug-likeness (QED) is 0.732. The maximum Gasteiger partial charge on any atom is 0.123 e. The van der Waals surface area contributed by atoms with E-state index in [9.17, 15) is 4.39 Å². The molecule has 2 aromatic carbocycles. The third kappa shape index (κ3) is 3.92. The van der Waals surface area contributed by atoms with Crippen LogP contribution in [0.25, 0.3) is 0 Å². The van der Waals surface area contributed by atoms with E-state index in [0.29, 0.717) is 0 Å². The summed E-state index contributed by atoms with van der Waals surface area (Å²) >= 11 is 0. The molecular weight excluding hydrogens is 235 g/mol. The minimum atomic E-state index is -0.168. The maximum absolute atomic E-state index is 12.8. The minimum Gasteiger partial charge on any atom is -0.207 e. The number of hydrogen-bond acceptors (Lipinski definition) is 0. The SMILES string of the molecule is CC(C)(C)c1ccc(CCc2ccc(F)cc2)cc1. The highest BCUT2D eigenvalue weighted by atomic mass is 19.1. The summed E-state index contributed by atoms with van der Waals surface area (Å²) < 4.78 is 12.8. The van der Waals surface area contributed by atoms with Crippen LogP contribution in [-0.2, 0) is 18.3 Å². The lowest BCUT2D eigenvalue weighted by Gasteiger charge is -2.19. The number of aryl methyl sites for hydroxylation is 2. The molecule has 19 heavy (non-hydrogen) atoms. The Morgan fingerprint density at radius 3 is 1.58 bits per heavy atom. The largest absolute Gasteiger partial charge is 0.207 e. The van der Waals surface area contributed by atoms with Crippen LogP contribution in [0.15, 0.2) is 48.5 Å². The molecule has 0 aliphatic carbocycles. The first kappa shape index (κ1) is 13.8. The number of benzene rings is 2. The Balaban J connectivity index is 1.98. The lowest BCUT2D eigenvalue weighted by Crippen LogP contribution is -2.10. The molecule has 0 unspecified atom stereocenters. The summed E-state index contributed by atoms with van der Waals surface area (Å²) in [6.45, 7) is 6.67. The second kappa shape index (κ2) is 5.56. The fourth-order valence-electron chi connectivity index (χ4n) is 2.11. The van der Waals surface area contributed by atoms with Gasteiger partial charge in [-0.25, -0.2) is 4.39 Å². The van der Waals surface area contributed by atoms with Gasteiger partial charge in [-0.3, -0.25) is 0 Å². The summed E-state index contributed by atoms with van der Waals surface area (Å²) in [6, 6.07) is 15.6. The third-order valence-corrected chi connectivity index (χ3v) is 3.44. The Labute approximate surface area is 115 Å². The summed E-state index contributed by atoms with van der Waals surface area (Å²) in [7, 11) is 0. The first-order valence-corrected chi connectivity index (χ1v) is 6.79. The molecule has 0 saturated heterocycles. The van der Waals surface area contributed by atoms with Gasteiger partial charge in [-0.1, -0.05) is 57.2 Å². The van der Waals surface area contributed by atoms with E-state index < -0.39 is 0 Å². The van der Waals surface area contributed by atoms with Gasteiger partial charge < -0.3 is 0 Å². The van der Waals surface area contributed by atoms with Gasteiger partial charge >= 0.3 is 0 Å². The standard InChI is InChI=1S/C18H21F/c1-18(2,3)16-10-6-14(7-11-16)4-5-15-8-12-17(19)13-9-15/h6-13H,4-5H2,1-3H3. The summed E-state index contributed by atoms with van der Waals surface area (Å²) in [4.78, 5) is 0. The molecule has 0 N–H and O–H groups in total. The molecule has 0 heterocycles. The van der Waals surface area contributed by atoms with Gasteiger partial charge in [0, 0.05) is 0 Å². The highest BCUT2D eigenvalue weighted by Gasteiger charge is 2.12. The second-order valence-corrected chi connectivity index (χ2v) is 6.07. The van der Waals surface area contributed by atoms with Gasteiger partial charge in [0.15, 0.2) is 0 Å². The third-order valence-electron chi connectivity index (χ3n) is 3.44. The molecule has 100 valence electrons. The van der Waals surface area contributed by atoms with Crippen molar-refractivity contribution in [1.29, 1.82) is 0 Å². The Bertz CT molecular complexity index is 515. The Kier molecular flexibility index (Phi) is 4.04. The highest BCUT2D eigenvalue weighted by molar-refractivity contribution is 5.28. The smallest absolute Gasteiger partial charge is 0.123 e. The molecule has 0 aromatic heterocycles. The monoisotopic (exact) mass is 256 g/mol. The van der Waals surface area contributed by atoms with Gasteiger partial charge in [-0.2, -0.15) is 0 Å². The van der Waals surface area contributed by atoms with E-state index in [0.717, 1.165) is 12.8 Å². The molecule has 2 rings (SSSR count). The van der Waals surface area contributed by atoms with Crippen LogP contribution in [-0.4, -0.2) is 0 Å². The van der Waals surface area contributed by atoms with Gasteiger partial charge in [-0.05, 0) is 47.1 Å². The van der Waals surface area contributed by atoms with Crippen LogP contribution in [0.2, 0.25) is 0 Å². The maximum atomic E-state index is 12.8. The predicted octanol–water partition coefficient (Wildman–Crippen LogP) is 4.91. The first-order chi connectivity index (χ1) is 8.95. The van der Waals surface area contributed by atoms with Crippen LogP contribution in [0.5, 0.6) is 0 Å². The van der Waals surface area contributed by atoms with E-state index in [1.165, 1.54) is 28.8 Å². The van der Waals surface area contributed by atoms with E-state index >= 15 is 0 Å². The van der Waals surface area contributed by atoms with Crippen molar-refractivity contribution >= 4 is 0 Å². The molecule has 1 heteroatoms. The van der Waals surface area contributed by atoms with Crippen LogP contribution in [0.3, 0.4) is 0 Å². The summed E-state index contributed by atoms with van der Waals surface area (Å²) in [5.74, 6) is -0.168. The summed E-state index contributed by atoms with van der Waals surface area (Å²) in [6.07, 6.45) is 1.95. The Hall–Kier alpha value is -1.63. The molecule has 2 aromatic rings. The fraction of sp³-hybridized carbons (Fsp3) is 0.333. The summed E-state index contributed by atoms with van der Waals surface area (Å²) in [5, 5.41) is 0. The fourth-order valence-corrected chi connectivity index (χ4v) is 2.11. The Morgan fingerprint density at radius 2 is 1.16 bits per heavy atom. The number of halogens is 1. The lowest BCUT2D eigenvalue weighted by atomic mass is 9.86. The molecule has 0 aliphatic rings. The van der Waals surface area contributed by atoms with Gasteiger partial charge in [0.1, 0.15) is 5.82 Å². The van der Waals surface area contributed by atoms with E-state index in [1.807, 2.05) is 12.1 Å². The predicted molar refractivity (Wildman–Crippen MR) is 79.0 cm³/mol. The highest BCUT2D eigenvalue weighted by Crippen LogP contribution is 2.22. The van der Waals surface area contributed by atoms with Gasteiger partial charge in [0.25, 0.3) is 0 Å². The lowest BCUT2D eigenvalue weighted by molar-refractivity contribution is 0.590. The van der Waals surface area contributed by atoms with Gasteiger partial charge in [0.05, 0.1) is 0 Å². The summed E-state index contributed by atoms with van der Waals surface area (Å²) in [5.41, 5.74) is 4.08. The Morgan fingerprint density at radius 1 is 0.737 bits per heavy atom. The van der Waals surface area contributed by atoms with Gasteiger partial charge in [-0.15, -0.1) is 0 Å². The molecular formula is C18H21F. The van der Waals surface area contributed by atoms with E-state index in [4.69, 9.17) is 0 Å². The normalized spacial score (nSPS) is 11.6. The number of hydrogen-bond donors (Lipinski definition) is 0. The molecule has 0 radical (unpaired) electrons. The molecule has 0 bridgehead atoms. The van der Waals surface area contributed by atoms with Crippen LogP contribution in [0.4, 0.5) is 4.39 Å². The number of rotatable bonds is 3. The topological polar surface area (TPSA) is 0 Å². The first-order valence-electron chi connectivity index (χ1n) is 6.79. The van der Waals surface area contributed by atoms with Crippen molar-refractivity contribution < 1.29 is 4.39 Å². The average molecular weight is 256 g/mol. The van der Waals surface area contributed by atoms with E-state index in [2.05, 4.69) is 45.0 Å². The molecule has 0 saturated carbocycles.